The molecule has 0 N–H and O–H groups in total. The standard InChI is InChI=1S/C25H30N6O3/c1-32-21-5-2-6-22(16-21)34-24-23(26-9-10-27-24)19-4-3-11-30(17-19)18-20-7-8-28-25(29-20)31-12-14-33-15-13-31/h2,5-10,16,19H,3-4,11-15,17-18H2,1H3. The second-order valence-corrected chi connectivity index (χ2v) is 8.55. The monoisotopic (exact) mass is 462 g/mol. The minimum Gasteiger partial charge on any atom is -0.497 e. The zero-order valence-corrected chi connectivity index (χ0v) is 19.5. The summed E-state index contributed by atoms with van der Waals surface area (Å²) in [6.45, 7) is 5.79. The Kier molecular flexibility index (Phi) is 7.11. The van der Waals surface area contributed by atoms with Gasteiger partial charge in [0.2, 0.25) is 11.8 Å². The number of methoxy groups -OCH3 is 1. The number of nitrogens with zero attached hydrogens (tertiary/aromatic N) is 6. The number of rotatable bonds is 7. The Balaban J connectivity index is 1.28. The average molecular weight is 463 g/mol. The second kappa shape index (κ2) is 10.8. The third kappa shape index (κ3) is 5.43. The van der Waals surface area contributed by atoms with Crippen LogP contribution >= 0.6 is 0 Å². The van der Waals surface area contributed by atoms with E-state index in [1.807, 2.05) is 36.5 Å². The Labute approximate surface area is 199 Å². The normalized spacial score (nSPS) is 19.1. The van der Waals surface area contributed by atoms with Crippen LogP contribution in [0.15, 0.2) is 48.9 Å². The lowest BCUT2D eigenvalue weighted by molar-refractivity contribution is 0.122. The van der Waals surface area contributed by atoms with Gasteiger partial charge in [-0.1, -0.05) is 6.07 Å². The van der Waals surface area contributed by atoms with E-state index >= 15 is 0 Å². The SMILES string of the molecule is COc1cccc(Oc2nccnc2C2CCCN(Cc3ccnc(N4CCOCC4)n3)C2)c1. The molecule has 0 amide bonds. The van der Waals surface area contributed by atoms with E-state index in [0.29, 0.717) is 11.6 Å². The summed E-state index contributed by atoms with van der Waals surface area (Å²) in [6.07, 6.45) is 7.41. The Morgan fingerprint density at radius 2 is 1.85 bits per heavy atom. The first-order valence-corrected chi connectivity index (χ1v) is 11.8. The summed E-state index contributed by atoms with van der Waals surface area (Å²) in [4.78, 5) is 23.1. The number of likely N-dealkylation sites (tertiary alicyclic amines) is 1. The van der Waals surface area contributed by atoms with Gasteiger partial charge in [0.15, 0.2) is 0 Å². The van der Waals surface area contributed by atoms with Crippen molar-refractivity contribution in [3.05, 3.63) is 60.3 Å². The van der Waals surface area contributed by atoms with Gasteiger partial charge in [-0.2, -0.15) is 0 Å². The Morgan fingerprint density at radius 3 is 2.74 bits per heavy atom. The highest BCUT2D eigenvalue weighted by molar-refractivity contribution is 5.36. The highest BCUT2D eigenvalue weighted by Gasteiger charge is 2.26. The first-order valence-electron chi connectivity index (χ1n) is 11.8. The molecule has 0 aliphatic carbocycles. The van der Waals surface area contributed by atoms with Gasteiger partial charge in [0, 0.05) is 56.8 Å². The fourth-order valence-corrected chi connectivity index (χ4v) is 4.51. The van der Waals surface area contributed by atoms with Crippen LogP contribution in [0.5, 0.6) is 17.4 Å². The molecule has 0 spiro atoms. The molecule has 2 fully saturated rings. The summed E-state index contributed by atoms with van der Waals surface area (Å²) in [7, 11) is 1.64. The number of aromatic nitrogens is 4. The molecule has 2 aliphatic rings. The molecular formula is C25H30N6O3. The maximum atomic E-state index is 6.13. The smallest absolute Gasteiger partial charge is 0.241 e. The van der Waals surface area contributed by atoms with E-state index in [-0.39, 0.29) is 5.92 Å². The first-order chi connectivity index (χ1) is 16.8. The number of morpholine rings is 1. The number of ether oxygens (including phenoxy) is 3. The number of hydrogen-bond acceptors (Lipinski definition) is 9. The Hall–Kier alpha value is -3.30. The number of hydrogen-bond donors (Lipinski definition) is 0. The minimum absolute atomic E-state index is 0.239. The maximum absolute atomic E-state index is 6.13. The van der Waals surface area contributed by atoms with Gasteiger partial charge < -0.3 is 19.1 Å². The second-order valence-electron chi connectivity index (χ2n) is 8.55. The predicted molar refractivity (Wildman–Crippen MR) is 127 cm³/mol. The largest absolute Gasteiger partial charge is 0.497 e. The van der Waals surface area contributed by atoms with Gasteiger partial charge in [-0.3, -0.25) is 9.88 Å². The van der Waals surface area contributed by atoms with Gasteiger partial charge >= 0.3 is 0 Å². The number of piperidine rings is 1. The van der Waals surface area contributed by atoms with E-state index in [1.165, 1.54) is 0 Å². The molecule has 34 heavy (non-hydrogen) atoms. The third-order valence-corrected chi connectivity index (χ3v) is 6.22. The van der Waals surface area contributed by atoms with Crippen molar-refractivity contribution in [2.24, 2.45) is 0 Å². The van der Waals surface area contributed by atoms with Gasteiger partial charge in [0.25, 0.3) is 0 Å². The molecule has 9 nitrogen and oxygen atoms in total. The van der Waals surface area contributed by atoms with Crippen molar-refractivity contribution in [2.75, 3.05) is 51.4 Å². The molecule has 1 atom stereocenters. The van der Waals surface area contributed by atoms with Crippen molar-refractivity contribution in [3.63, 3.8) is 0 Å². The number of benzene rings is 1. The summed E-state index contributed by atoms with van der Waals surface area (Å²) >= 11 is 0. The van der Waals surface area contributed by atoms with Crippen molar-refractivity contribution < 1.29 is 14.2 Å². The molecule has 2 aromatic heterocycles. The number of anilines is 1. The van der Waals surface area contributed by atoms with Crippen molar-refractivity contribution in [1.29, 1.82) is 0 Å². The zero-order chi connectivity index (χ0) is 23.2. The van der Waals surface area contributed by atoms with Crippen LogP contribution in [0.3, 0.4) is 0 Å². The molecule has 4 heterocycles. The lowest BCUT2D eigenvalue weighted by Crippen LogP contribution is -2.38. The van der Waals surface area contributed by atoms with Gasteiger partial charge in [0.1, 0.15) is 17.2 Å². The van der Waals surface area contributed by atoms with Crippen LogP contribution in [-0.4, -0.2) is 71.3 Å². The topological polar surface area (TPSA) is 85.7 Å². The molecule has 2 saturated heterocycles. The molecule has 1 unspecified atom stereocenters. The zero-order valence-electron chi connectivity index (χ0n) is 19.5. The molecule has 5 rings (SSSR count). The summed E-state index contributed by atoms with van der Waals surface area (Å²) in [6, 6.07) is 9.55. The van der Waals surface area contributed by atoms with Gasteiger partial charge in [0.05, 0.1) is 26.0 Å². The van der Waals surface area contributed by atoms with Gasteiger partial charge in [-0.15, -0.1) is 0 Å². The van der Waals surface area contributed by atoms with Crippen LogP contribution in [0.1, 0.15) is 30.1 Å². The van der Waals surface area contributed by atoms with Crippen LogP contribution in [0.4, 0.5) is 5.95 Å². The van der Waals surface area contributed by atoms with Crippen molar-refractivity contribution in [3.8, 4) is 17.4 Å². The lowest BCUT2D eigenvalue weighted by Gasteiger charge is -2.32. The molecular weight excluding hydrogens is 432 g/mol. The Bertz CT molecular complexity index is 1090. The molecule has 3 aromatic rings. The van der Waals surface area contributed by atoms with Crippen LogP contribution in [-0.2, 0) is 11.3 Å². The molecule has 2 aliphatic heterocycles. The summed E-state index contributed by atoms with van der Waals surface area (Å²) in [5.74, 6) is 3.01. The highest BCUT2D eigenvalue weighted by atomic mass is 16.5. The lowest BCUT2D eigenvalue weighted by atomic mass is 9.94. The van der Waals surface area contributed by atoms with Crippen molar-refractivity contribution >= 4 is 5.95 Å². The molecule has 0 radical (unpaired) electrons. The van der Waals surface area contributed by atoms with Crippen LogP contribution in [0, 0.1) is 0 Å². The van der Waals surface area contributed by atoms with E-state index in [0.717, 1.165) is 81.9 Å². The van der Waals surface area contributed by atoms with Gasteiger partial charge in [-0.05, 0) is 37.6 Å². The maximum Gasteiger partial charge on any atom is 0.241 e. The fraction of sp³-hybridized carbons (Fsp3) is 0.440. The quantitative estimate of drug-likeness (QED) is 0.525. The molecule has 0 saturated carbocycles. The van der Waals surface area contributed by atoms with Crippen LogP contribution < -0.4 is 14.4 Å². The summed E-state index contributed by atoms with van der Waals surface area (Å²) in [5, 5.41) is 0. The van der Waals surface area contributed by atoms with Crippen LogP contribution in [0.2, 0.25) is 0 Å². The van der Waals surface area contributed by atoms with E-state index in [9.17, 15) is 0 Å². The summed E-state index contributed by atoms with van der Waals surface area (Å²) in [5.41, 5.74) is 1.93. The summed E-state index contributed by atoms with van der Waals surface area (Å²) < 4.78 is 16.9. The minimum atomic E-state index is 0.239. The molecule has 1 aromatic carbocycles. The third-order valence-electron chi connectivity index (χ3n) is 6.22. The van der Waals surface area contributed by atoms with E-state index in [2.05, 4.69) is 24.8 Å². The molecule has 178 valence electrons. The van der Waals surface area contributed by atoms with Crippen LogP contribution in [0.25, 0.3) is 0 Å². The Morgan fingerprint density at radius 1 is 1.00 bits per heavy atom. The van der Waals surface area contributed by atoms with Crippen molar-refractivity contribution in [2.45, 2.75) is 25.3 Å². The van der Waals surface area contributed by atoms with Crippen molar-refractivity contribution in [1.82, 2.24) is 24.8 Å². The highest BCUT2D eigenvalue weighted by Crippen LogP contribution is 2.33. The first kappa shape index (κ1) is 22.5. The van der Waals surface area contributed by atoms with E-state index in [1.54, 1.807) is 19.5 Å². The predicted octanol–water partition coefficient (Wildman–Crippen LogP) is 3.28. The fourth-order valence-electron chi connectivity index (χ4n) is 4.51. The molecule has 0 bridgehead atoms. The molecule has 9 heteroatoms. The van der Waals surface area contributed by atoms with Gasteiger partial charge in [-0.25, -0.2) is 15.0 Å². The van der Waals surface area contributed by atoms with E-state index in [4.69, 9.17) is 19.2 Å². The average Bonchev–Trinajstić information content (AvgIpc) is 2.90. The van der Waals surface area contributed by atoms with E-state index < -0.39 is 0 Å².